The predicted octanol–water partition coefficient (Wildman–Crippen LogP) is 9.31. The summed E-state index contributed by atoms with van der Waals surface area (Å²) in [4.78, 5) is 4.86. The van der Waals surface area contributed by atoms with Crippen molar-refractivity contribution in [1.82, 2.24) is 14.1 Å². The van der Waals surface area contributed by atoms with Gasteiger partial charge in [0.25, 0.3) is 0 Å². The van der Waals surface area contributed by atoms with Crippen LogP contribution in [0.4, 0.5) is 0 Å². The van der Waals surface area contributed by atoms with E-state index in [1.807, 2.05) is 12.3 Å². The van der Waals surface area contributed by atoms with E-state index >= 15 is 0 Å². The van der Waals surface area contributed by atoms with Gasteiger partial charge in [0.15, 0.2) is 0 Å². The molecule has 0 saturated carbocycles. The molecule has 1 aliphatic rings. The van der Waals surface area contributed by atoms with Crippen LogP contribution in [0, 0.1) is 0 Å². The highest BCUT2D eigenvalue weighted by Gasteiger charge is 2.23. The molecule has 0 bridgehead atoms. The predicted molar refractivity (Wildman–Crippen MR) is 163 cm³/mol. The van der Waals surface area contributed by atoms with Gasteiger partial charge in [0.1, 0.15) is 5.65 Å². The first-order chi connectivity index (χ1) is 19.3. The summed E-state index contributed by atoms with van der Waals surface area (Å²) in [5, 5.41) is 3.73. The van der Waals surface area contributed by atoms with Crippen LogP contribution in [-0.2, 0) is 0 Å². The number of hydrogen-bond acceptors (Lipinski definition) is 1. The molecule has 186 valence electrons. The Bertz CT molecular complexity index is 2060. The molecular weight excluding hydrogens is 474 g/mol. The van der Waals surface area contributed by atoms with Crippen LogP contribution in [0.15, 0.2) is 121 Å². The Hall–Kier alpha value is -4.89. The molecule has 8 rings (SSSR count). The number of aromatic nitrogens is 3. The fourth-order valence-electron chi connectivity index (χ4n) is 6.44. The van der Waals surface area contributed by atoms with Crippen LogP contribution in [0.3, 0.4) is 0 Å². The second-order valence-electron chi connectivity index (χ2n) is 10.5. The van der Waals surface area contributed by atoms with Gasteiger partial charge in [-0.3, -0.25) is 4.57 Å². The van der Waals surface area contributed by atoms with Crippen molar-refractivity contribution < 1.29 is 0 Å². The first-order valence-corrected chi connectivity index (χ1v) is 13.6. The third-order valence-electron chi connectivity index (χ3n) is 8.19. The third-order valence-corrected chi connectivity index (χ3v) is 8.19. The van der Waals surface area contributed by atoms with E-state index in [9.17, 15) is 0 Å². The molecule has 7 aromatic rings. The lowest BCUT2D eigenvalue weighted by Gasteiger charge is -2.17. The molecule has 1 atom stereocenters. The molecule has 4 aromatic carbocycles. The molecule has 0 amide bonds. The molecule has 0 aliphatic heterocycles. The highest BCUT2D eigenvalue weighted by atomic mass is 15.1. The Kier molecular flexibility index (Phi) is 4.86. The maximum atomic E-state index is 4.86. The van der Waals surface area contributed by atoms with Gasteiger partial charge in [-0.2, -0.15) is 0 Å². The summed E-state index contributed by atoms with van der Waals surface area (Å²) in [6.45, 7) is 2.34. The topological polar surface area (TPSA) is 22.8 Å². The smallest absolute Gasteiger partial charge is 0.145 e. The van der Waals surface area contributed by atoms with Gasteiger partial charge in [-0.15, -0.1) is 0 Å². The first-order valence-electron chi connectivity index (χ1n) is 13.6. The minimum atomic E-state index is 0.500. The van der Waals surface area contributed by atoms with Crippen LogP contribution in [-0.4, -0.2) is 14.1 Å². The van der Waals surface area contributed by atoms with E-state index in [4.69, 9.17) is 4.98 Å². The summed E-state index contributed by atoms with van der Waals surface area (Å²) in [6.07, 6.45) is 7.59. The summed E-state index contributed by atoms with van der Waals surface area (Å²) < 4.78 is 4.73. The largest absolute Gasteiger partial charge is 0.310 e. The minimum absolute atomic E-state index is 0.500. The zero-order chi connectivity index (χ0) is 25.9. The van der Waals surface area contributed by atoms with Crippen molar-refractivity contribution in [3.63, 3.8) is 0 Å². The lowest BCUT2D eigenvalue weighted by atomic mass is 9.91. The van der Waals surface area contributed by atoms with Crippen LogP contribution in [0.2, 0.25) is 0 Å². The number of pyridine rings is 1. The standard InChI is InChI=1S/C36H27N3/c1-24-10-7-18-34-35(24)30-15-5-6-17-32(30)38(34)27-13-8-14-28(23-27)39-33-20-19-26(25-11-3-2-4-12-25)22-31(33)29-16-9-21-37-36(29)39/h2-9,11-24H,10H2,1H3. The maximum absolute atomic E-state index is 4.86. The molecule has 0 N–H and O–H groups in total. The second-order valence-corrected chi connectivity index (χ2v) is 10.5. The van der Waals surface area contributed by atoms with Crippen LogP contribution in [0.25, 0.3) is 61.4 Å². The van der Waals surface area contributed by atoms with Crippen molar-refractivity contribution >= 4 is 38.9 Å². The van der Waals surface area contributed by atoms with E-state index in [-0.39, 0.29) is 0 Å². The van der Waals surface area contributed by atoms with Gasteiger partial charge in [-0.1, -0.05) is 73.7 Å². The molecule has 3 heterocycles. The molecule has 1 unspecified atom stereocenters. The molecule has 0 fully saturated rings. The zero-order valence-corrected chi connectivity index (χ0v) is 21.8. The minimum Gasteiger partial charge on any atom is -0.310 e. The molecule has 3 aromatic heterocycles. The molecule has 39 heavy (non-hydrogen) atoms. The normalized spacial score (nSPS) is 14.8. The van der Waals surface area contributed by atoms with Crippen molar-refractivity contribution in [2.45, 2.75) is 19.3 Å². The summed E-state index contributed by atoms with van der Waals surface area (Å²) in [5.74, 6) is 0.500. The van der Waals surface area contributed by atoms with Gasteiger partial charge in [0.2, 0.25) is 0 Å². The van der Waals surface area contributed by atoms with E-state index in [2.05, 4.69) is 131 Å². The van der Waals surface area contributed by atoms with Crippen molar-refractivity contribution in [2.24, 2.45) is 0 Å². The summed E-state index contributed by atoms with van der Waals surface area (Å²) in [5.41, 5.74) is 10.8. The van der Waals surface area contributed by atoms with Gasteiger partial charge in [0.05, 0.1) is 11.0 Å². The summed E-state index contributed by atoms with van der Waals surface area (Å²) >= 11 is 0. The number of fused-ring (bicyclic) bond motifs is 6. The summed E-state index contributed by atoms with van der Waals surface area (Å²) in [7, 11) is 0. The fourth-order valence-corrected chi connectivity index (χ4v) is 6.44. The Morgan fingerprint density at radius 3 is 2.31 bits per heavy atom. The van der Waals surface area contributed by atoms with Crippen LogP contribution in [0.1, 0.15) is 30.5 Å². The van der Waals surface area contributed by atoms with Gasteiger partial charge >= 0.3 is 0 Å². The maximum Gasteiger partial charge on any atom is 0.145 e. The van der Waals surface area contributed by atoms with Crippen LogP contribution in [0.5, 0.6) is 0 Å². The SMILES string of the molecule is CC1CC=Cc2c1c1ccccc1n2-c1cccc(-n2c3ccc(-c4ccccc4)cc3c3cccnc32)c1. The van der Waals surface area contributed by atoms with E-state index < -0.39 is 0 Å². The average Bonchev–Trinajstić information content (AvgIpc) is 3.51. The first kappa shape index (κ1) is 22.1. The quantitative estimate of drug-likeness (QED) is 0.236. The Balaban J connectivity index is 1.37. The monoisotopic (exact) mass is 501 g/mol. The van der Waals surface area contributed by atoms with Gasteiger partial charge in [0, 0.05) is 39.4 Å². The van der Waals surface area contributed by atoms with Crippen LogP contribution >= 0.6 is 0 Å². The Labute approximate surface area is 227 Å². The van der Waals surface area contributed by atoms with E-state index in [1.165, 1.54) is 38.7 Å². The summed E-state index contributed by atoms with van der Waals surface area (Å²) in [6, 6.07) is 39.3. The molecule has 3 nitrogen and oxygen atoms in total. The van der Waals surface area contributed by atoms with Crippen molar-refractivity contribution in [3.8, 4) is 22.5 Å². The number of nitrogens with zero attached hydrogens (tertiary/aromatic N) is 3. The molecular formula is C36H27N3. The molecule has 0 saturated heterocycles. The van der Waals surface area contributed by atoms with Gasteiger partial charge in [-0.05, 0) is 83.6 Å². The molecule has 3 heteroatoms. The Morgan fingerprint density at radius 2 is 1.41 bits per heavy atom. The van der Waals surface area contributed by atoms with Gasteiger partial charge in [-0.25, -0.2) is 4.98 Å². The van der Waals surface area contributed by atoms with Gasteiger partial charge < -0.3 is 4.57 Å². The van der Waals surface area contributed by atoms with E-state index in [0.29, 0.717) is 5.92 Å². The highest BCUT2D eigenvalue weighted by molar-refractivity contribution is 6.09. The van der Waals surface area contributed by atoms with Crippen LogP contribution < -0.4 is 0 Å². The highest BCUT2D eigenvalue weighted by Crippen LogP contribution is 2.40. The number of allylic oxidation sites excluding steroid dienone is 1. The zero-order valence-electron chi connectivity index (χ0n) is 21.8. The number of benzene rings is 4. The lowest BCUT2D eigenvalue weighted by Crippen LogP contribution is -2.04. The lowest BCUT2D eigenvalue weighted by molar-refractivity contribution is 0.773. The number of para-hydroxylation sites is 1. The van der Waals surface area contributed by atoms with Crippen molar-refractivity contribution in [1.29, 1.82) is 0 Å². The second kappa shape index (κ2) is 8.57. The average molecular weight is 502 g/mol. The number of rotatable bonds is 3. The van der Waals surface area contributed by atoms with Crippen molar-refractivity contribution in [2.75, 3.05) is 0 Å². The van der Waals surface area contributed by atoms with E-state index in [0.717, 1.165) is 34.3 Å². The fraction of sp³-hybridized carbons (Fsp3) is 0.0833. The molecule has 0 radical (unpaired) electrons. The molecule has 0 spiro atoms. The van der Waals surface area contributed by atoms with Crippen molar-refractivity contribution in [3.05, 3.63) is 133 Å². The number of hydrogen-bond donors (Lipinski definition) is 0. The third kappa shape index (κ3) is 3.33. The van der Waals surface area contributed by atoms with E-state index in [1.54, 1.807) is 0 Å². The molecule has 1 aliphatic carbocycles. The Morgan fingerprint density at radius 1 is 0.641 bits per heavy atom.